The van der Waals surface area contributed by atoms with Gasteiger partial charge in [-0.3, -0.25) is 13.9 Å². The molecule has 0 atom stereocenters. The van der Waals surface area contributed by atoms with E-state index in [1.807, 2.05) is 29.2 Å². The fourth-order valence-electron chi connectivity index (χ4n) is 4.65. The fourth-order valence-corrected chi connectivity index (χ4v) is 5.83. The molecule has 5 aromatic rings. The highest BCUT2D eigenvalue weighted by Gasteiger charge is 2.26. The van der Waals surface area contributed by atoms with E-state index in [1.54, 1.807) is 33.8 Å². The zero-order valence-electron chi connectivity index (χ0n) is 19.2. The molecule has 3 aromatic heterocycles. The highest BCUT2D eigenvalue weighted by atomic mass is 35.5. The van der Waals surface area contributed by atoms with Crippen LogP contribution in [0.3, 0.4) is 0 Å². The number of piperazine rings is 1. The number of nitrogens with one attached hydrogen (secondary N) is 1. The lowest BCUT2D eigenvalue weighted by Crippen LogP contribution is -2.50. The van der Waals surface area contributed by atoms with Crippen LogP contribution in [0.5, 0.6) is 0 Å². The van der Waals surface area contributed by atoms with Gasteiger partial charge in [-0.2, -0.15) is 0 Å². The average Bonchev–Trinajstić information content (AvgIpc) is 3.58. The smallest absolute Gasteiger partial charge is 0.329 e. The number of thiazole rings is 1. The Labute approximate surface area is 219 Å². The molecule has 12 heteroatoms. The lowest BCUT2D eigenvalue weighted by molar-refractivity contribution is -0.132. The highest BCUT2D eigenvalue weighted by Crippen LogP contribution is 2.35. The molecule has 184 valence electrons. The maximum atomic E-state index is 13.1. The molecule has 0 spiro atoms. The van der Waals surface area contributed by atoms with Gasteiger partial charge in [-0.15, -0.1) is 11.3 Å². The zero-order chi connectivity index (χ0) is 25.0. The normalized spacial score (nSPS) is 14.3. The first-order valence-electron chi connectivity index (χ1n) is 11.4. The van der Waals surface area contributed by atoms with Crippen molar-refractivity contribution in [3.05, 3.63) is 62.4 Å². The zero-order valence-corrected chi connectivity index (χ0v) is 21.6. The van der Waals surface area contributed by atoms with Crippen molar-refractivity contribution in [1.82, 2.24) is 29.0 Å². The molecule has 6 rings (SSSR count). The second-order valence-electron chi connectivity index (χ2n) is 8.66. The van der Waals surface area contributed by atoms with E-state index in [9.17, 15) is 9.59 Å². The summed E-state index contributed by atoms with van der Waals surface area (Å²) in [7, 11) is 1.72. The van der Waals surface area contributed by atoms with Gasteiger partial charge in [-0.25, -0.2) is 14.8 Å². The van der Waals surface area contributed by atoms with Crippen LogP contribution in [0.2, 0.25) is 10.0 Å². The van der Waals surface area contributed by atoms with Crippen LogP contribution >= 0.6 is 34.5 Å². The molecule has 1 fully saturated rings. The molecule has 1 amide bonds. The first-order valence-corrected chi connectivity index (χ1v) is 13.0. The summed E-state index contributed by atoms with van der Waals surface area (Å²) in [6.45, 7) is 2.45. The van der Waals surface area contributed by atoms with Gasteiger partial charge in [-0.1, -0.05) is 35.3 Å². The van der Waals surface area contributed by atoms with E-state index in [1.165, 1.54) is 11.3 Å². The minimum absolute atomic E-state index is 0.0239. The number of amides is 1. The van der Waals surface area contributed by atoms with E-state index in [0.717, 1.165) is 32.8 Å². The van der Waals surface area contributed by atoms with Gasteiger partial charge in [0.2, 0.25) is 5.91 Å². The van der Waals surface area contributed by atoms with E-state index in [4.69, 9.17) is 23.2 Å². The number of benzene rings is 2. The summed E-state index contributed by atoms with van der Waals surface area (Å²) in [4.78, 5) is 42.3. The van der Waals surface area contributed by atoms with E-state index < -0.39 is 0 Å². The van der Waals surface area contributed by atoms with Crippen LogP contribution in [0.1, 0.15) is 0 Å². The Kier molecular flexibility index (Phi) is 5.74. The van der Waals surface area contributed by atoms with Crippen LogP contribution in [0.4, 0.5) is 5.00 Å². The largest absolute Gasteiger partial charge is 0.358 e. The number of halogens is 2. The minimum atomic E-state index is -0.189. The summed E-state index contributed by atoms with van der Waals surface area (Å²) in [5.74, 6) is 0.581. The molecule has 0 bridgehead atoms. The Morgan fingerprint density at radius 1 is 1.08 bits per heavy atom. The third-order valence-corrected chi connectivity index (χ3v) is 8.17. The summed E-state index contributed by atoms with van der Waals surface area (Å²) in [6, 6.07) is 11.0. The number of para-hydroxylation sites is 2. The lowest BCUT2D eigenvalue weighted by Gasteiger charge is -2.35. The van der Waals surface area contributed by atoms with Crippen molar-refractivity contribution in [2.75, 3.05) is 31.1 Å². The van der Waals surface area contributed by atoms with Crippen molar-refractivity contribution in [3.8, 4) is 11.5 Å². The standard InChI is InChI=1S/C24H21Cl2N7O2S/c1-30-18-4-2-3-5-19(18)33(24(30)35)12-20(34)31-6-8-32(9-7-31)23-21(27-13-36-23)22-28-16-10-14(25)15(26)11-17(16)29-22/h2-5,10-11,13H,6-9,12H2,1H3,(H,28,29). The number of nitrogens with zero attached hydrogens (tertiary/aromatic N) is 6. The SMILES string of the molecule is Cn1c(=O)n(CC(=O)N2CCN(c3scnc3-c3nc4cc(Cl)c(Cl)cc4[nH]3)CC2)c2ccccc21. The third kappa shape index (κ3) is 3.85. The van der Waals surface area contributed by atoms with Gasteiger partial charge in [0, 0.05) is 33.2 Å². The van der Waals surface area contributed by atoms with Crippen LogP contribution in [0.25, 0.3) is 33.6 Å². The van der Waals surface area contributed by atoms with Crippen molar-refractivity contribution in [2.24, 2.45) is 7.05 Å². The summed E-state index contributed by atoms with van der Waals surface area (Å²) in [5, 5.41) is 1.90. The predicted octanol–water partition coefficient (Wildman–Crippen LogP) is 4.00. The molecule has 1 aliphatic heterocycles. The van der Waals surface area contributed by atoms with E-state index in [-0.39, 0.29) is 18.1 Å². The number of hydrogen-bond donors (Lipinski definition) is 1. The van der Waals surface area contributed by atoms with Crippen molar-refractivity contribution in [3.63, 3.8) is 0 Å². The predicted molar refractivity (Wildman–Crippen MR) is 143 cm³/mol. The van der Waals surface area contributed by atoms with Gasteiger partial charge in [0.1, 0.15) is 17.2 Å². The Balaban J connectivity index is 1.18. The first-order chi connectivity index (χ1) is 17.4. The van der Waals surface area contributed by atoms with Crippen LogP contribution in [0, 0.1) is 0 Å². The molecule has 4 heterocycles. The average molecular weight is 542 g/mol. The van der Waals surface area contributed by atoms with Gasteiger partial charge < -0.3 is 14.8 Å². The summed E-state index contributed by atoms with van der Waals surface area (Å²) in [5.41, 5.74) is 5.45. The Bertz CT molecular complexity index is 1640. The molecule has 1 aliphatic rings. The number of carbonyl (C=O) groups is 1. The van der Waals surface area contributed by atoms with Crippen molar-refractivity contribution >= 4 is 67.5 Å². The van der Waals surface area contributed by atoms with E-state index in [0.29, 0.717) is 42.0 Å². The summed E-state index contributed by atoms with van der Waals surface area (Å²) in [6.07, 6.45) is 0. The molecule has 1 saturated heterocycles. The van der Waals surface area contributed by atoms with Crippen LogP contribution in [-0.2, 0) is 18.4 Å². The number of anilines is 1. The molecule has 0 aliphatic carbocycles. The van der Waals surface area contributed by atoms with Crippen LogP contribution < -0.4 is 10.6 Å². The van der Waals surface area contributed by atoms with Gasteiger partial charge in [0.05, 0.1) is 37.6 Å². The number of carbonyl (C=O) groups excluding carboxylic acids is 1. The van der Waals surface area contributed by atoms with Crippen LogP contribution in [-0.4, -0.2) is 61.1 Å². The number of aromatic nitrogens is 5. The molecule has 2 aromatic carbocycles. The number of imidazole rings is 2. The molecular formula is C24H21Cl2N7O2S. The number of rotatable bonds is 4. The van der Waals surface area contributed by atoms with Gasteiger partial charge in [0.15, 0.2) is 5.82 Å². The number of H-pyrrole nitrogens is 1. The molecule has 1 N–H and O–H groups in total. The summed E-state index contributed by atoms with van der Waals surface area (Å²) >= 11 is 13.8. The number of aryl methyl sites for hydroxylation is 1. The second-order valence-corrected chi connectivity index (χ2v) is 10.3. The molecule has 36 heavy (non-hydrogen) atoms. The fraction of sp³-hybridized carbons (Fsp3) is 0.250. The molecular weight excluding hydrogens is 521 g/mol. The number of aromatic amines is 1. The van der Waals surface area contributed by atoms with E-state index in [2.05, 4.69) is 19.9 Å². The molecule has 0 radical (unpaired) electrons. The Morgan fingerprint density at radius 2 is 1.81 bits per heavy atom. The topological polar surface area (TPSA) is 92.1 Å². The molecule has 0 saturated carbocycles. The maximum absolute atomic E-state index is 13.1. The Morgan fingerprint density at radius 3 is 2.58 bits per heavy atom. The molecule has 9 nitrogen and oxygen atoms in total. The number of fused-ring (bicyclic) bond motifs is 2. The van der Waals surface area contributed by atoms with Crippen molar-refractivity contribution in [2.45, 2.75) is 6.54 Å². The van der Waals surface area contributed by atoms with Crippen molar-refractivity contribution < 1.29 is 4.79 Å². The minimum Gasteiger partial charge on any atom is -0.358 e. The molecule has 0 unspecified atom stereocenters. The Hall–Kier alpha value is -3.34. The maximum Gasteiger partial charge on any atom is 0.329 e. The van der Waals surface area contributed by atoms with Gasteiger partial charge in [0.25, 0.3) is 0 Å². The quantitative estimate of drug-likeness (QED) is 0.371. The van der Waals surface area contributed by atoms with Crippen LogP contribution in [0.15, 0.2) is 46.7 Å². The monoisotopic (exact) mass is 541 g/mol. The van der Waals surface area contributed by atoms with Crippen molar-refractivity contribution in [1.29, 1.82) is 0 Å². The lowest BCUT2D eigenvalue weighted by atomic mass is 10.3. The van der Waals surface area contributed by atoms with E-state index >= 15 is 0 Å². The first kappa shape index (κ1) is 23.1. The summed E-state index contributed by atoms with van der Waals surface area (Å²) < 4.78 is 3.12. The van der Waals surface area contributed by atoms with Gasteiger partial charge in [-0.05, 0) is 24.3 Å². The highest BCUT2D eigenvalue weighted by molar-refractivity contribution is 7.14. The second kappa shape index (κ2) is 8.95. The third-order valence-electron chi connectivity index (χ3n) is 6.56. The number of hydrogen-bond acceptors (Lipinski definition) is 6. The van der Waals surface area contributed by atoms with Gasteiger partial charge >= 0.3 is 5.69 Å².